The first-order valence-electron chi connectivity index (χ1n) is 9.08. The highest BCUT2D eigenvalue weighted by molar-refractivity contribution is 7.92. The van der Waals surface area contributed by atoms with Crippen molar-refractivity contribution in [3.8, 4) is 0 Å². The van der Waals surface area contributed by atoms with E-state index >= 15 is 0 Å². The van der Waals surface area contributed by atoms with Gasteiger partial charge in [0.2, 0.25) is 0 Å². The number of nitrogens with zero attached hydrogens (tertiary/aromatic N) is 2. The Bertz CT molecular complexity index is 704. The fourth-order valence-electron chi connectivity index (χ4n) is 4.08. The molecule has 3 aliphatic rings. The van der Waals surface area contributed by atoms with Crippen LogP contribution in [0.2, 0.25) is 5.02 Å². The van der Waals surface area contributed by atoms with Gasteiger partial charge in [-0.25, -0.2) is 8.42 Å². The van der Waals surface area contributed by atoms with E-state index in [2.05, 4.69) is 9.80 Å². The summed E-state index contributed by atoms with van der Waals surface area (Å²) < 4.78 is 25.5. The molecule has 1 aliphatic heterocycles. The fraction of sp³-hybridized carbons (Fsp3) is 0.667. The van der Waals surface area contributed by atoms with Gasteiger partial charge in [0.05, 0.1) is 15.2 Å². The highest BCUT2D eigenvalue weighted by Gasteiger charge is 2.33. The Labute approximate surface area is 149 Å². The van der Waals surface area contributed by atoms with Crippen LogP contribution in [0.15, 0.2) is 23.1 Å². The van der Waals surface area contributed by atoms with Gasteiger partial charge in [-0.3, -0.25) is 4.90 Å². The van der Waals surface area contributed by atoms with Crippen LogP contribution >= 0.6 is 11.6 Å². The van der Waals surface area contributed by atoms with Crippen molar-refractivity contribution in [3.05, 3.63) is 23.2 Å². The van der Waals surface area contributed by atoms with Gasteiger partial charge < -0.3 is 4.90 Å². The van der Waals surface area contributed by atoms with Gasteiger partial charge in [-0.1, -0.05) is 24.4 Å². The summed E-state index contributed by atoms with van der Waals surface area (Å²) in [5.41, 5.74) is 1.04. The smallest absolute Gasteiger partial charge is 0.182 e. The minimum absolute atomic E-state index is 0.247. The summed E-state index contributed by atoms with van der Waals surface area (Å²) in [6.07, 6.45) is 6.24. The molecule has 0 atom stereocenters. The Hall–Kier alpha value is -0.780. The van der Waals surface area contributed by atoms with Crippen molar-refractivity contribution >= 4 is 27.1 Å². The summed E-state index contributed by atoms with van der Waals surface area (Å²) >= 11 is 6.38. The summed E-state index contributed by atoms with van der Waals surface area (Å²) in [6.45, 7) is 4.15. The molecule has 0 amide bonds. The third-order valence-corrected chi connectivity index (χ3v) is 8.45. The van der Waals surface area contributed by atoms with Crippen LogP contribution in [0.25, 0.3) is 0 Å². The third-order valence-electron chi connectivity index (χ3n) is 5.71. The number of hydrogen-bond acceptors (Lipinski definition) is 4. The fourth-order valence-corrected chi connectivity index (χ4v) is 6.48. The van der Waals surface area contributed by atoms with Crippen molar-refractivity contribution in [3.63, 3.8) is 0 Å². The average molecular weight is 369 g/mol. The summed E-state index contributed by atoms with van der Waals surface area (Å²) in [7, 11) is -3.29. The zero-order chi connectivity index (χ0) is 16.7. The lowest BCUT2D eigenvalue weighted by Crippen LogP contribution is -2.47. The van der Waals surface area contributed by atoms with Crippen molar-refractivity contribution in [2.45, 2.75) is 54.7 Å². The van der Waals surface area contributed by atoms with Gasteiger partial charge in [0.1, 0.15) is 0 Å². The number of sulfone groups is 1. The molecule has 1 aromatic rings. The third kappa shape index (κ3) is 3.18. The summed E-state index contributed by atoms with van der Waals surface area (Å²) in [4.78, 5) is 5.20. The van der Waals surface area contributed by atoms with Crippen molar-refractivity contribution in [2.24, 2.45) is 0 Å². The summed E-state index contributed by atoms with van der Waals surface area (Å²) in [6, 6.07) is 6.31. The maximum atomic E-state index is 12.8. The number of hydrogen-bond donors (Lipinski definition) is 0. The second kappa shape index (κ2) is 6.50. The van der Waals surface area contributed by atoms with Crippen molar-refractivity contribution < 1.29 is 8.42 Å². The zero-order valence-electron chi connectivity index (χ0n) is 14.0. The van der Waals surface area contributed by atoms with E-state index in [0.717, 1.165) is 63.6 Å². The lowest BCUT2D eigenvalue weighted by molar-refractivity contribution is 0.248. The van der Waals surface area contributed by atoms with Crippen molar-refractivity contribution in [1.82, 2.24) is 4.90 Å². The Kier molecular flexibility index (Phi) is 4.52. The van der Waals surface area contributed by atoms with Gasteiger partial charge in [0, 0.05) is 37.9 Å². The van der Waals surface area contributed by atoms with Crippen LogP contribution in [0.1, 0.15) is 38.5 Å². The second-order valence-corrected chi connectivity index (χ2v) is 9.92. The highest BCUT2D eigenvalue weighted by atomic mass is 35.5. The molecular formula is C18H25ClN2O2S. The van der Waals surface area contributed by atoms with E-state index in [1.165, 1.54) is 12.8 Å². The molecule has 0 aromatic heterocycles. The number of anilines is 1. The van der Waals surface area contributed by atoms with E-state index in [4.69, 9.17) is 11.6 Å². The van der Waals surface area contributed by atoms with Crippen LogP contribution in [0.5, 0.6) is 0 Å². The normalized spacial score (nSPS) is 23.8. The average Bonchev–Trinajstić information content (AvgIpc) is 3.27. The number of rotatable bonds is 4. The highest BCUT2D eigenvalue weighted by Crippen LogP contribution is 2.35. The quantitative estimate of drug-likeness (QED) is 0.817. The number of halogens is 1. The molecule has 4 nitrogen and oxygen atoms in total. The molecule has 6 heteroatoms. The van der Waals surface area contributed by atoms with Gasteiger partial charge in [-0.05, 0) is 43.9 Å². The molecule has 0 radical (unpaired) electrons. The van der Waals surface area contributed by atoms with E-state index in [9.17, 15) is 8.42 Å². The Morgan fingerprint density at radius 2 is 1.62 bits per heavy atom. The topological polar surface area (TPSA) is 40.6 Å². The first-order valence-corrected chi connectivity index (χ1v) is 11.0. The van der Waals surface area contributed by atoms with Gasteiger partial charge in [-0.15, -0.1) is 0 Å². The summed E-state index contributed by atoms with van der Waals surface area (Å²) in [5.74, 6) is 0. The minimum atomic E-state index is -3.29. The minimum Gasteiger partial charge on any atom is -0.369 e. The van der Waals surface area contributed by atoms with Crippen LogP contribution in [-0.4, -0.2) is 50.8 Å². The molecule has 0 unspecified atom stereocenters. The SMILES string of the molecule is O=S(=O)(c1ccc(N2CCN(C3CC3)CC2)cc1Cl)C1CCCC1. The molecule has 1 aromatic carbocycles. The molecule has 24 heavy (non-hydrogen) atoms. The van der Waals surface area contributed by atoms with Crippen molar-refractivity contribution in [2.75, 3.05) is 31.1 Å². The molecule has 0 spiro atoms. The van der Waals surface area contributed by atoms with Gasteiger partial charge >= 0.3 is 0 Å². The molecular weight excluding hydrogens is 344 g/mol. The first-order chi connectivity index (χ1) is 11.6. The maximum Gasteiger partial charge on any atom is 0.182 e. The first kappa shape index (κ1) is 16.7. The zero-order valence-corrected chi connectivity index (χ0v) is 15.5. The standard InChI is InChI=1S/C18H25ClN2O2S/c19-17-13-15(21-11-9-20(10-12-21)14-5-6-14)7-8-18(17)24(22,23)16-3-1-2-4-16/h7-8,13-14,16H,1-6,9-12H2. The Morgan fingerprint density at radius 3 is 2.21 bits per heavy atom. The summed E-state index contributed by atoms with van der Waals surface area (Å²) in [5, 5.41) is 0.131. The van der Waals surface area contributed by atoms with E-state index < -0.39 is 9.84 Å². The van der Waals surface area contributed by atoms with Crippen LogP contribution in [-0.2, 0) is 9.84 Å². The number of benzene rings is 1. The predicted molar refractivity (Wildman–Crippen MR) is 97.7 cm³/mol. The van der Waals surface area contributed by atoms with E-state index in [1.807, 2.05) is 12.1 Å². The van der Waals surface area contributed by atoms with Gasteiger partial charge in [0.15, 0.2) is 9.84 Å². The molecule has 0 N–H and O–H groups in total. The van der Waals surface area contributed by atoms with Crippen LogP contribution < -0.4 is 4.90 Å². The van der Waals surface area contributed by atoms with Crippen molar-refractivity contribution in [1.29, 1.82) is 0 Å². The van der Waals surface area contributed by atoms with Crippen LogP contribution in [0.3, 0.4) is 0 Å². The van der Waals surface area contributed by atoms with E-state index in [0.29, 0.717) is 9.92 Å². The molecule has 4 rings (SSSR count). The monoisotopic (exact) mass is 368 g/mol. The van der Waals surface area contributed by atoms with E-state index in [1.54, 1.807) is 6.07 Å². The molecule has 2 aliphatic carbocycles. The second-order valence-electron chi connectivity index (χ2n) is 7.32. The molecule has 3 fully saturated rings. The van der Waals surface area contributed by atoms with Gasteiger partial charge in [0.25, 0.3) is 0 Å². The van der Waals surface area contributed by atoms with Gasteiger partial charge in [-0.2, -0.15) is 0 Å². The molecule has 132 valence electrons. The molecule has 2 saturated carbocycles. The maximum absolute atomic E-state index is 12.8. The molecule has 1 saturated heterocycles. The largest absolute Gasteiger partial charge is 0.369 e. The van der Waals surface area contributed by atoms with E-state index in [-0.39, 0.29) is 5.25 Å². The molecule has 0 bridgehead atoms. The van der Waals surface area contributed by atoms with Crippen LogP contribution in [0.4, 0.5) is 5.69 Å². The molecule has 1 heterocycles. The Balaban J connectivity index is 1.49. The predicted octanol–water partition coefficient (Wildman–Crippen LogP) is 3.34. The van der Waals surface area contributed by atoms with Crippen LogP contribution in [0, 0.1) is 0 Å². The number of piperazine rings is 1. The Morgan fingerprint density at radius 1 is 0.958 bits per heavy atom. The lowest BCUT2D eigenvalue weighted by Gasteiger charge is -2.36. The lowest BCUT2D eigenvalue weighted by atomic mass is 10.2.